The molecule has 0 unspecified atom stereocenters. The van der Waals surface area contributed by atoms with Gasteiger partial charge in [0.05, 0.1) is 17.3 Å². The van der Waals surface area contributed by atoms with E-state index in [1.165, 1.54) is 0 Å². The Morgan fingerprint density at radius 1 is 1.60 bits per heavy atom. The topological polar surface area (TPSA) is 48.1 Å². The molecule has 0 atom stereocenters. The number of aromatic nitrogens is 1. The second-order valence-corrected chi connectivity index (χ2v) is 5.51. The zero-order valence-corrected chi connectivity index (χ0v) is 10.3. The van der Waals surface area contributed by atoms with Crippen LogP contribution in [-0.2, 0) is 10.3 Å². The molecule has 0 bridgehead atoms. The van der Waals surface area contributed by atoms with Crippen LogP contribution in [0.3, 0.4) is 0 Å². The molecule has 2 N–H and O–H groups in total. The summed E-state index contributed by atoms with van der Waals surface area (Å²) in [5.41, 5.74) is 7.20. The Balaban J connectivity index is 2.10. The number of methoxy groups -OCH3 is 1. The lowest BCUT2D eigenvalue weighted by Crippen LogP contribution is -2.52. The lowest BCUT2D eigenvalue weighted by Gasteiger charge is -2.42. The van der Waals surface area contributed by atoms with E-state index in [4.69, 9.17) is 10.5 Å². The molecule has 1 aromatic heterocycles. The number of thiazole rings is 1. The SMILES string of the molecule is COC1CC(N)(c2nc(C(C)C)cs2)C1. The van der Waals surface area contributed by atoms with Crippen LogP contribution in [0.2, 0.25) is 0 Å². The van der Waals surface area contributed by atoms with Gasteiger partial charge in [-0.15, -0.1) is 11.3 Å². The maximum absolute atomic E-state index is 6.27. The third kappa shape index (κ3) is 1.94. The molecule has 1 aliphatic rings. The van der Waals surface area contributed by atoms with Crippen LogP contribution in [0, 0.1) is 0 Å². The summed E-state index contributed by atoms with van der Waals surface area (Å²) in [6.07, 6.45) is 2.12. The van der Waals surface area contributed by atoms with Gasteiger partial charge in [0, 0.05) is 12.5 Å². The van der Waals surface area contributed by atoms with Crippen molar-refractivity contribution in [3.63, 3.8) is 0 Å². The van der Waals surface area contributed by atoms with E-state index in [2.05, 4.69) is 24.2 Å². The highest BCUT2D eigenvalue weighted by molar-refractivity contribution is 7.09. The van der Waals surface area contributed by atoms with Crippen LogP contribution in [0.25, 0.3) is 0 Å². The summed E-state index contributed by atoms with van der Waals surface area (Å²) in [5.74, 6) is 0.483. The summed E-state index contributed by atoms with van der Waals surface area (Å²) < 4.78 is 5.25. The van der Waals surface area contributed by atoms with E-state index >= 15 is 0 Å². The average Bonchev–Trinajstić information content (AvgIpc) is 2.61. The maximum atomic E-state index is 6.27. The van der Waals surface area contributed by atoms with Gasteiger partial charge in [-0.3, -0.25) is 0 Å². The average molecular weight is 226 g/mol. The predicted molar refractivity (Wildman–Crippen MR) is 62.1 cm³/mol. The third-order valence-corrected chi connectivity index (χ3v) is 4.14. The minimum atomic E-state index is -0.224. The van der Waals surface area contributed by atoms with E-state index in [-0.39, 0.29) is 5.54 Å². The summed E-state index contributed by atoms with van der Waals surface area (Å²) in [6, 6.07) is 0. The highest BCUT2D eigenvalue weighted by atomic mass is 32.1. The first kappa shape index (κ1) is 11.0. The molecule has 3 nitrogen and oxygen atoms in total. The van der Waals surface area contributed by atoms with Crippen molar-refractivity contribution in [3.05, 3.63) is 16.1 Å². The van der Waals surface area contributed by atoms with E-state index in [1.54, 1.807) is 18.4 Å². The summed E-state index contributed by atoms with van der Waals surface area (Å²) >= 11 is 1.68. The zero-order valence-electron chi connectivity index (χ0n) is 9.49. The largest absolute Gasteiger partial charge is 0.381 e. The van der Waals surface area contributed by atoms with Crippen LogP contribution < -0.4 is 5.73 Å². The molecule has 0 aromatic carbocycles. The van der Waals surface area contributed by atoms with Crippen molar-refractivity contribution in [1.82, 2.24) is 4.98 Å². The van der Waals surface area contributed by atoms with Crippen molar-refractivity contribution in [1.29, 1.82) is 0 Å². The lowest BCUT2D eigenvalue weighted by atomic mass is 9.75. The third-order valence-electron chi connectivity index (χ3n) is 3.06. The zero-order chi connectivity index (χ0) is 11.1. The van der Waals surface area contributed by atoms with E-state index in [9.17, 15) is 0 Å². The van der Waals surface area contributed by atoms with E-state index in [0.717, 1.165) is 23.5 Å². The molecule has 1 saturated carbocycles. The second kappa shape index (κ2) is 3.85. The summed E-state index contributed by atoms with van der Waals surface area (Å²) in [6.45, 7) is 4.31. The van der Waals surface area contributed by atoms with E-state index < -0.39 is 0 Å². The van der Waals surface area contributed by atoms with Crippen LogP contribution >= 0.6 is 11.3 Å². The van der Waals surface area contributed by atoms with Crippen LogP contribution in [0.5, 0.6) is 0 Å². The van der Waals surface area contributed by atoms with Crippen LogP contribution in [-0.4, -0.2) is 18.2 Å². The van der Waals surface area contributed by atoms with Gasteiger partial charge in [-0.05, 0) is 18.8 Å². The fourth-order valence-corrected chi connectivity index (χ4v) is 2.99. The molecule has 0 amide bonds. The van der Waals surface area contributed by atoms with Gasteiger partial charge in [0.25, 0.3) is 0 Å². The monoisotopic (exact) mass is 226 g/mol. The van der Waals surface area contributed by atoms with Gasteiger partial charge in [-0.1, -0.05) is 13.8 Å². The maximum Gasteiger partial charge on any atom is 0.113 e. The van der Waals surface area contributed by atoms with Gasteiger partial charge < -0.3 is 10.5 Å². The Hall–Kier alpha value is -0.450. The van der Waals surface area contributed by atoms with Gasteiger partial charge in [0.1, 0.15) is 5.01 Å². The number of ether oxygens (including phenoxy) is 1. The minimum Gasteiger partial charge on any atom is -0.381 e. The highest BCUT2D eigenvalue weighted by Crippen LogP contribution is 2.42. The Kier molecular flexibility index (Phi) is 2.83. The molecule has 1 aliphatic carbocycles. The Morgan fingerprint density at radius 2 is 2.27 bits per heavy atom. The molecule has 1 heterocycles. The molecule has 0 saturated heterocycles. The van der Waals surface area contributed by atoms with Gasteiger partial charge >= 0.3 is 0 Å². The Morgan fingerprint density at radius 3 is 2.73 bits per heavy atom. The molecular weight excluding hydrogens is 208 g/mol. The molecule has 1 fully saturated rings. The van der Waals surface area contributed by atoms with Crippen molar-refractivity contribution < 1.29 is 4.74 Å². The molecule has 4 heteroatoms. The van der Waals surface area contributed by atoms with Crippen LogP contribution in [0.1, 0.15) is 43.3 Å². The summed E-state index contributed by atoms with van der Waals surface area (Å²) in [4.78, 5) is 4.61. The van der Waals surface area contributed by atoms with E-state index in [0.29, 0.717) is 12.0 Å². The number of nitrogens with zero attached hydrogens (tertiary/aromatic N) is 1. The molecule has 1 aromatic rings. The molecule has 0 radical (unpaired) electrons. The smallest absolute Gasteiger partial charge is 0.113 e. The second-order valence-electron chi connectivity index (χ2n) is 4.65. The van der Waals surface area contributed by atoms with Crippen molar-refractivity contribution in [2.75, 3.05) is 7.11 Å². The number of hydrogen-bond donors (Lipinski definition) is 1. The number of rotatable bonds is 3. The summed E-state index contributed by atoms with van der Waals surface area (Å²) in [7, 11) is 1.74. The minimum absolute atomic E-state index is 0.224. The first-order valence-corrected chi connectivity index (χ1v) is 6.20. The van der Waals surface area contributed by atoms with Crippen molar-refractivity contribution in [2.45, 2.75) is 44.2 Å². The van der Waals surface area contributed by atoms with Crippen molar-refractivity contribution in [2.24, 2.45) is 5.73 Å². The molecular formula is C11H18N2OS. The van der Waals surface area contributed by atoms with Crippen LogP contribution in [0.15, 0.2) is 5.38 Å². The molecule has 15 heavy (non-hydrogen) atoms. The number of hydrogen-bond acceptors (Lipinski definition) is 4. The standard InChI is InChI=1S/C11H18N2OS/c1-7(2)9-6-15-10(13-9)11(12)4-8(5-11)14-3/h6-8H,4-5,12H2,1-3H3. The first-order chi connectivity index (χ1) is 7.05. The molecule has 84 valence electrons. The van der Waals surface area contributed by atoms with E-state index in [1.807, 2.05) is 0 Å². The quantitative estimate of drug-likeness (QED) is 0.859. The van der Waals surface area contributed by atoms with Crippen molar-refractivity contribution >= 4 is 11.3 Å². The summed E-state index contributed by atoms with van der Waals surface area (Å²) in [5, 5.41) is 3.19. The highest BCUT2D eigenvalue weighted by Gasteiger charge is 2.44. The first-order valence-electron chi connectivity index (χ1n) is 5.33. The van der Waals surface area contributed by atoms with Crippen LogP contribution in [0.4, 0.5) is 0 Å². The molecule has 0 spiro atoms. The fraction of sp³-hybridized carbons (Fsp3) is 0.727. The van der Waals surface area contributed by atoms with Gasteiger partial charge in [0.15, 0.2) is 0 Å². The van der Waals surface area contributed by atoms with Gasteiger partial charge in [-0.2, -0.15) is 0 Å². The number of nitrogens with two attached hydrogens (primary N) is 1. The van der Waals surface area contributed by atoms with Gasteiger partial charge in [-0.25, -0.2) is 4.98 Å². The molecule has 2 rings (SSSR count). The predicted octanol–water partition coefficient (Wildman–Crippen LogP) is 2.23. The van der Waals surface area contributed by atoms with Gasteiger partial charge in [0.2, 0.25) is 0 Å². The van der Waals surface area contributed by atoms with Crippen molar-refractivity contribution in [3.8, 4) is 0 Å². The fourth-order valence-electron chi connectivity index (χ4n) is 1.87. The Bertz CT molecular complexity index is 342. The lowest BCUT2D eigenvalue weighted by molar-refractivity contribution is -0.0163. The normalized spacial score (nSPS) is 30.6. The Labute approximate surface area is 94.7 Å². The molecule has 0 aliphatic heterocycles.